The smallest absolute Gasteiger partial charge is 0.333 e. The Labute approximate surface area is 111 Å². The third-order valence-electron chi connectivity index (χ3n) is 5.29. The lowest BCUT2D eigenvalue weighted by molar-refractivity contribution is -0.167. The zero-order valence-corrected chi connectivity index (χ0v) is 12.0. The van der Waals surface area contributed by atoms with Gasteiger partial charge in [0.25, 0.3) is 0 Å². The summed E-state index contributed by atoms with van der Waals surface area (Å²) >= 11 is 0. The Balaban J connectivity index is 2.22. The predicted octanol–water partition coefficient (Wildman–Crippen LogP) is 4.10. The van der Waals surface area contributed by atoms with Crippen LogP contribution in [0.15, 0.2) is 12.2 Å². The molecule has 0 saturated heterocycles. The topological polar surface area (TPSA) is 26.3 Å². The molecule has 2 heteroatoms. The van der Waals surface area contributed by atoms with Gasteiger partial charge in [-0.05, 0) is 50.4 Å². The number of carbonyl (C=O) groups is 1. The van der Waals surface area contributed by atoms with Crippen LogP contribution in [0.2, 0.25) is 0 Å². The van der Waals surface area contributed by atoms with Gasteiger partial charge in [-0.25, -0.2) is 4.79 Å². The predicted molar refractivity (Wildman–Crippen MR) is 73.2 cm³/mol. The second kappa shape index (κ2) is 5.07. The second-order valence-electron chi connectivity index (χ2n) is 6.41. The molecule has 0 aromatic heterocycles. The van der Waals surface area contributed by atoms with E-state index in [9.17, 15) is 4.79 Å². The van der Waals surface area contributed by atoms with Gasteiger partial charge in [0.2, 0.25) is 0 Å². The molecule has 0 aromatic rings. The lowest BCUT2D eigenvalue weighted by Crippen LogP contribution is -2.45. The van der Waals surface area contributed by atoms with Crippen molar-refractivity contribution < 1.29 is 9.53 Å². The highest BCUT2D eigenvalue weighted by molar-refractivity contribution is 5.87. The molecule has 0 amide bonds. The van der Waals surface area contributed by atoms with Crippen LogP contribution in [-0.4, -0.2) is 11.6 Å². The van der Waals surface area contributed by atoms with Gasteiger partial charge in [-0.1, -0.05) is 33.3 Å². The molecule has 18 heavy (non-hydrogen) atoms. The van der Waals surface area contributed by atoms with E-state index in [1.807, 2.05) is 0 Å². The Morgan fingerprint density at radius 3 is 2.28 bits per heavy atom. The Bertz CT molecular complexity index is 341. The number of rotatable bonds is 3. The van der Waals surface area contributed by atoms with Crippen molar-refractivity contribution in [3.8, 4) is 0 Å². The van der Waals surface area contributed by atoms with Crippen molar-refractivity contribution in [2.45, 2.75) is 64.9 Å². The highest BCUT2D eigenvalue weighted by atomic mass is 16.6. The largest absolute Gasteiger partial charge is 0.455 e. The van der Waals surface area contributed by atoms with Gasteiger partial charge in [0.1, 0.15) is 5.60 Å². The first kappa shape index (κ1) is 13.6. The third kappa shape index (κ3) is 2.22. The van der Waals surface area contributed by atoms with Gasteiger partial charge in [-0.2, -0.15) is 0 Å². The molecule has 2 fully saturated rings. The molecule has 2 aliphatic carbocycles. The zero-order chi connectivity index (χ0) is 13.3. The maximum atomic E-state index is 12.0. The van der Waals surface area contributed by atoms with Gasteiger partial charge in [-0.3, -0.25) is 0 Å². The van der Waals surface area contributed by atoms with E-state index in [1.165, 1.54) is 32.1 Å². The molecule has 2 rings (SSSR count). The van der Waals surface area contributed by atoms with Crippen LogP contribution in [0.1, 0.15) is 59.3 Å². The van der Waals surface area contributed by atoms with Gasteiger partial charge in [0, 0.05) is 5.57 Å². The number of carbonyl (C=O) groups excluding carboxylic acids is 1. The average molecular weight is 250 g/mol. The van der Waals surface area contributed by atoms with Crippen LogP contribution in [0.3, 0.4) is 0 Å². The maximum Gasteiger partial charge on any atom is 0.333 e. The standard InChI is InChI=1S/C16H26O2/c1-11(2)15(17)18-16(14-7-5-6-8-14)10-9-12(3)13(16)4/h12-14H,1,5-10H2,2-4H3. The van der Waals surface area contributed by atoms with Gasteiger partial charge in [-0.15, -0.1) is 0 Å². The normalized spacial score (nSPS) is 36.8. The van der Waals surface area contributed by atoms with Crippen LogP contribution >= 0.6 is 0 Å². The van der Waals surface area contributed by atoms with E-state index in [-0.39, 0.29) is 11.6 Å². The molecule has 0 radical (unpaired) electrons. The second-order valence-corrected chi connectivity index (χ2v) is 6.41. The maximum absolute atomic E-state index is 12.0. The number of hydrogen-bond donors (Lipinski definition) is 0. The molecule has 3 unspecified atom stereocenters. The molecule has 0 N–H and O–H groups in total. The van der Waals surface area contributed by atoms with E-state index in [1.54, 1.807) is 6.92 Å². The van der Waals surface area contributed by atoms with Crippen LogP contribution in [0.4, 0.5) is 0 Å². The SMILES string of the molecule is C=C(C)C(=O)OC1(C2CCCC2)CCC(C)C1C. The van der Waals surface area contributed by atoms with E-state index in [0.29, 0.717) is 23.3 Å². The van der Waals surface area contributed by atoms with Gasteiger partial charge < -0.3 is 4.74 Å². The molecule has 2 saturated carbocycles. The lowest BCUT2D eigenvalue weighted by atomic mass is 9.76. The quantitative estimate of drug-likeness (QED) is 0.557. The van der Waals surface area contributed by atoms with E-state index >= 15 is 0 Å². The van der Waals surface area contributed by atoms with E-state index in [0.717, 1.165) is 6.42 Å². The monoisotopic (exact) mass is 250 g/mol. The van der Waals surface area contributed by atoms with Crippen LogP contribution in [0.25, 0.3) is 0 Å². The lowest BCUT2D eigenvalue weighted by Gasteiger charge is -2.40. The molecule has 3 atom stereocenters. The van der Waals surface area contributed by atoms with Gasteiger partial charge in [0.05, 0.1) is 0 Å². The van der Waals surface area contributed by atoms with Crippen molar-refractivity contribution in [3.05, 3.63) is 12.2 Å². The summed E-state index contributed by atoms with van der Waals surface area (Å²) in [6.07, 6.45) is 7.25. The van der Waals surface area contributed by atoms with Crippen molar-refractivity contribution >= 4 is 5.97 Å². The Kier molecular flexibility index (Phi) is 3.84. The van der Waals surface area contributed by atoms with Gasteiger partial charge >= 0.3 is 5.97 Å². The molecule has 0 aliphatic heterocycles. The zero-order valence-electron chi connectivity index (χ0n) is 12.0. The Morgan fingerprint density at radius 1 is 1.22 bits per heavy atom. The highest BCUT2D eigenvalue weighted by Gasteiger charge is 2.52. The molecule has 2 nitrogen and oxygen atoms in total. The molecule has 0 heterocycles. The van der Waals surface area contributed by atoms with Crippen molar-refractivity contribution in [1.82, 2.24) is 0 Å². The van der Waals surface area contributed by atoms with E-state index in [2.05, 4.69) is 20.4 Å². The fourth-order valence-electron chi connectivity index (χ4n) is 3.89. The first-order valence-electron chi connectivity index (χ1n) is 7.36. The van der Waals surface area contributed by atoms with E-state index in [4.69, 9.17) is 4.74 Å². The molecule has 2 aliphatic rings. The summed E-state index contributed by atoms with van der Waals surface area (Å²) in [6, 6.07) is 0. The first-order valence-corrected chi connectivity index (χ1v) is 7.36. The van der Waals surface area contributed by atoms with E-state index < -0.39 is 0 Å². The molecule has 0 spiro atoms. The summed E-state index contributed by atoms with van der Waals surface area (Å²) in [4.78, 5) is 12.0. The fourth-order valence-corrected chi connectivity index (χ4v) is 3.89. The summed E-state index contributed by atoms with van der Waals surface area (Å²) in [5.74, 6) is 1.51. The fraction of sp³-hybridized carbons (Fsp3) is 0.812. The minimum Gasteiger partial charge on any atom is -0.455 e. The minimum absolute atomic E-state index is 0.192. The summed E-state index contributed by atoms with van der Waals surface area (Å²) in [6.45, 7) is 10.0. The van der Waals surface area contributed by atoms with Crippen LogP contribution in [0, 0.1) is 17.8 Å². The average Bonchev–Trinajstić information content (AvgIpc) is 2.93. The van der Waals surface area contributed by atoms with Crippen molar-refractivity contribution in [1.29, 1.82) is 0 Å². The van der Waals surface area contributed by atoms with Crippen LogP contribution < -0.4 is 0 Å². The minimum atomic E-state index is -0.202. The molecular weight excluding hydrogens is 224 g/mol. The molecule has 102 valence electrons. The van der Waals surface area contributed by atoms with Gasteiger partial charge in [0.15, 0.2) is 0 Å². The summed E-state index contributed by atoms with van der Waals surface area (Å²) in [5.41, 5.74) is 0.325. The summed E-state index contributed by atoms with van der Waals surface area (Å²) in [7, 11) is 0. The Hall–Kier alpha value is -0.790. The number of esters is 1. The van der Waals surface area contributed by atoms with Crippen molar-refractivity contribution in [2.75, 3.05) is 0 Å². The summed E-state index contributed by atoms with van der Waals surface area (Å²) < 4.78 is 5.99. The first-order chi connectivity index (χ1) is 8.47. The molecule has 0 aromatic carbocycles. The summed E-state index contributed by atoms with van der Waals surface area (Å²) in [5, 5.41) is 0. The number of ether oxygens (including phenoxy) is 1. The van der Waals surface area contributed by atoms with Crippen LogP contribution in [-0.2, 0) is 9.53 Å². The highest BCUT2D eigenvalue weighted by Crippen LogP contribution is 2.52. The Morgan fingerprint density at radius 2 is 1.83 bits per heavy atom. The molecule has 0 bridgehead atoms. The molecular formula is C16H26O2. The van der Waals surface area contributed by atoms with Crippen LogP contribution in [0.5, 0.6) is 0 Å². The van der Waals surface area contributed by atoms with Crippen molar-refractivity contribution in [2.24, 2.45) is 17.8 Å². The third-order valence-corrected chi connectivity index (χ3v) is 5.29. The number of hydrogen-bond acceptors (Lipinski definition) is 2. The van der Waals surface area contributed by atoms with Crippen molar-refractivity contribution in [3.63, 3.8) is 0 Å².